The van der Waals surface area contributed by atoms with Gasteiger partial charge in [0.1, 0.15) is 5.54 Å². The van der Waals surface area contributed by atoms with E-state index in [0.29, 0.717) is 19.3 Å². The Kier molecular flexibility index (Phi) is 8.22. The van der Waals surface area contributed by atoms with Crippen LogP contribution < -0.4 is 5.32 Å². The van der Waals surface area contributed by atoms with Crippen LogP contribution in [-0.2, 0) is 14.3 Å². The Labute approximate surface area is 129 Å². The summed E-state index contributed by atoms with van der Waals surface area (Å²) in [7, 11) is 0. The smallest absolute Gasteiger partial charge is 0.327 e. The molecule has 0 amide bonds. The molecule has 1 N–H and O–H groups in total. The van der Waals surface area contributed by atoms with Gasteiger partial charge in [-0.2, -0.15) is 0 Å². The highest BCUT2D eigenvalue weighted by atomic mass is 16.5. The number of ether oxygens (including phenoxy) is 2. The zero-order valence-corrected chi connectivity index (χ0v) is 14.1. The van der Waals surface area contributed by atoms with Crippen LogP contribution in [0.2, 0.25) is 0 Å². The number of likely N-dealkylation sites (tertiary alicyclic amines) is 1. The average Bonchev–Trinajstić information content (AvgIpc) is 2.46. The third-order valence-corrected chi connectivity index (χ3v) is 3.90. The SMILES string of the molecule is CCCNC(C)(CN1CCCC(OCC)C1)C(=O)OCC. The van der Waals surface area contributed by atoms with Crippen molar-refractivity contribution in [3.05, 3.63) is 0 Å². The van der Waals surface area contributed by atoms with E-state index in [1.165, 1.54) is 0 Å². The maximum atomic E-state index is 12.3. The predicted octanol–water partition coefficient (Wildman–Crippen LogP) is 1.81. The van der Waals surface area contributed by atoms with Gasteiger partial charge in [0.2, 0.25) is 0 Å². The molecular weight excluding hydrogens is 268 g/mol. The van der Waals surface area contributed by atoms with E-state index in [0.717, 1.165) is 45.5 Å². The van der Waals surface area contributed by atoms with Gasteiger partial charge in [-0.1, -0.05) is 6.92 Å². The molecular formula is C16H32N2O3. The maximum Gasteiger partial charge on any atom is 0.327 e. The number of nitrogens with zero attached hydrogens (tertiary/aromatic N) is 1. The Morgan fingerprint density at radius 3 is 2.71 bits per heavy atom. The van der Waals surface area contributed by atoms with E-state index >= 15 is 0 Å². The summed E-state index contributed by atoms with van der Waals surface area (Å²) >= 11 is 0. The van der Waals surface area contributed by atoms with Gasteiger partial charge in [0.05, 0.1) is 12.7 Å². The molecule has 2 atom stereocenters. The summed E-state index contributed by atoms with van der Waals surface area (Å²) in [5, 5.41) is 3.37. The van der Waals surface area contributed by atoms with Gasteiger partial charge in [-0.15, -0.1) is 0 Å². The fourth-order valence-corrected chi connectivity index (χ4v) is 2.86. The third-order valence-electron chi connectivity index (χ3n) is 3.90. The molecule has 0 bridgehead atoms. The van der Waals surface area contributed by atoms with Gasteiger partial charge in [-0.3, -0.25) is 9.69 Å². The van der Waals surface area contributed by atoms with Gasteiger partial charge >= 0.3 is 5.97 Å². The Morgan fingerprint density at radius 2 is 2.10 bits per heavy atom. The first-order chi connectivity index (χ1) is 10.1. The molecule has 1 saturated heterocycles. The molecule has 5 nitrogen and oxygen atoms in total. The van der Waals surface area contributed by atoms with Crippen molar-refractivity contribution < 1.29 is 14.3 Å². The molecule has 0 aromatic heterocycles. The monoisotopic (exact) mass is 300 g/mol. The lowest BCUT2D eigenvalue weighted by atomic mass is 9.99. The van der Waals surface area contributed by atoms with E-state index in [1.807, 2.05) is 20.8 Å². The normalized spacial score (nSPS) is 22.8. The second kappa shape index (κ2) is 9.38. The van der Waals surface area contributed by atoms with Crippen LogP contribution in [0, 0.1) is 0 Å². The van der Waals surface area contributed by atoms with E-state index < -0.39 is 5.54 Å². The first kappa shape index (κ1) is 18.4. The summed E-state index contributed by atoms with van der Waals surface area (Å²) in [5.41, 5.74) is -0.639. The lowest BCUT2D eigenvalue weighted by Gasteiger charge is -2.38. The van der Waals surface area contributed by atoms with E-state index in [4.69, 9.17) is 9.47 Å². The Balaban J connectivity index is 2.64. The van der Waals surface area contributed by atoms with Gasteiger partial charge in [-0.25, -0.2) is 0 Å². The summed E-state index contributed by atoms with van der Waals surface area (Å²) in [6.07, 6.45) is 3.53. The van der Waals surface area contributed by atoms with Crippen molar-refractivity contribution in [1.29, 1.82) is 0 Å². The molecule has 1 aliphatic rings. The predicted molar refractivity (Wildman–Crippen MR) is 84.4 cm³/mol. The molecule has 2 unspecified atom stereocenters. The molecule has 124 valence electrons. The van der Waals surface area contributed by atoms with Gasteiger partial charge in [0, 0.05) is 19.7 Å². The van der Waals surface area contributed by atoms with E-state index in [-0.39, 0.29) is 5.97 Å². The average molecular weight is 300 g/mol. The lowest BCUT2D eigenvalue weighted by molar-refractivity contribution is -0.151. The fourth-order valence-electron chi connectivity index (χ4n) is 2.86. The second-order valence-electron chi connectivity index (χ2n) is 5.93. The second-order valence-corrected chi connectivity index (χ2v) is 5.93. The van der Waals surface area contributed by atoms with Crippen LogP contribution >= 0.6 is 0 Å². The number of esters is 1. The molecule has 0 saturated carbocycles. The minimum atomic E-state index is -0.639. The summed E-state index contributed by atoms with van der Waals surface area (Å²) in [6, 6.07) is 0. The highest BCUT2D eigenvalue weighted by Gasteiger charge is 2.37. The molecule has 1 rings (SSSR count). The number of piperidine rings is 1. The van der Waals surface area contributed by atoms with Crippen LogP contribution in [0.3, 0.4) is 0 Å². The molecule has 21 heavy (non-hydrogen) atoms. The Bertz CT molecular complexity index is 310. The van der Waals surface area contributed by atoms with Crippen LogP contribution in [0.15, 0.2) is 0 Å². The van der Waals surface area contributed by atoms with Crippen LogP contribution in [0.25, 0.3) is 0 Å². The van der Waals surface area contributed by atoms with Crippen LogP contribution in [0.4, 0.5) is 0 Å². The topological polar surface area (TPSA) is 50.8 Å². The van der Waals surface area contributed by atoms with Gasteiger partial charge in [-0.05, 0) is 53.1 Å². The van der Waals surface area contributed by atoms with Crippen molar-refractivity contribution in [3.63, 3.8) is 0 Å². The molecule has 0 aromatic rings. The summed E-state index contributed by atoms with van der Waals surface area (Å²) in [6.45, 7) is 12.5. The highest BCUT2D eigenvalue weighted by Crippen LogP contribution is 2.17. The first-order valence-electron chi connectivity index (χ1n) is 8.31. The summed E-state index contributed by atoms with van der Waals surface area (Å²) in [5.74, 6) is -0.156. The third kappa shape index (κ3) is 5.93. The number of hydrogen-bond acceptors (Lipinski definition) is 5. The molecule has 0 aliphatic carbocycles. The summed E-state index contributed by atoms with van der Waals surface area (Å²) < 4.78 is 11.0. The van der Waals surface area contributed by atoms with Crippen LogP contribution in [0.1, 0.15) is 47.0 Å². The van der Waals surface area contributed by atoms with E-state index in [2.05, 4.69) is 17.1 Å². The van der Waals surface area contributed by atoms with Crippen molar-refractivity contribution in [2.45, 2.75) is 58.6 Å². The standard InChI is InChI=1S/C16H32N2O3/c1-5-10-17-16(4,15(19)21-7-3)13-18-11-8-9-14(12-18)20-6-2/h14,17H,5-13H2,1-4H3. The van der Waals surface area contributed by atoms with Crippen LogP contribution in [0.5, 0.6) is 0 Å². The number of rotatable bonds is 9. The molecule has 1 heterocycles. The first-order valence-corrected chi connectivity index (χ1v) is 8.31. The molecule has 0 aromatic carbocycles. The number of hydrogen-bond donors (Lipinski definition) is 1. The largest absolute Gasteiger partial charge is 0.465 e. The van der Waals surface area contributed by atoms with Crippen molar-refractivity contribution in [2.24, 2.45) is 0 Å². The molecule has 0 spiro atoms. The van der Waals surface area contributed by atoms with Gasteiger partial charge in [0.25, 0.3) is 0 Å². The molecule has 1 fully saturated rings. The molecule has 0 radical (unpaired) electrons. The number of carbonyl (C=O) groups is 1. The van der Waals surface area contributed by atoms with Crippen molar-refractivity contribution in [2.75, 3.05) is 39.4 Å². The van der Waals surface area contributed by atoms with Gasteiger partial charge in [0.15, 0.2) is 0 Å². The zero-order chi connectivity index (χ0) is 15.7. The van der Waals surface area contributed by atoms with Gasteiger partial charge < -0.3 is 14.8 Å². The van der Waals surface area contributed by atoms with E-state index in [9.17, 15) is 4.79 Å². The number of nitrogens with one attached hydrogen (secondary N) is 1. The van der Waals surface area contributed by atoms with Crippen molar-refractivity contribution in [3.8, 4) is 0 Å². The Hall–Kier alpha value is -0.650. The fraction of sp³-hybridized carbons (Fsp3) is 0.938. The molecule has 5 heteroatoms. The van der Waals surface area contributed by atoms with E-state index in [1.54, 1.807) is 0 Å². The van der Waals surface area contributed by atoms with Crippen molar-refractivity contribution in [1.82, 2.24) is 10.2 Å². The minimum absolute atomic E-state index is 0.156. The number of carbonyl (C=O) groups excluding carboxylic acids is 1. The minimum Gasteiger partial charge on any atom is -0.465 e. The highest BCUT2D eigenvalue weighted by molar-refractivity contribution is 5.80. The maximum absolute atomic E-state index is 12.3. The lowest BCUT2D eigenvalue weighted by Crippen LogP contribution is -2.59. The summed E-state index contributed by atoms with van der Waals surface area (Å²) in [4.78, 5) is 14.6. The molecule has 1 aliphatic heterocycles. The Morgan fingerprint density at radius 1 is 1.33 bits per heavy atom. The zero-order valence-electron chi connectivity index (χ0n) is 14.1. The quantitative estimate of drug-likeness (QED) is 0.658. The van der Waals surface area contributed by atoms with Crippen molar-refractivity contribution >= 4 is 5.97 Å². The van der Waals surface area contributed by atoms with Crippen LogP contribution in [-0.4, -0.2) is 61.9 Å².